The van der Waals surface area contributed by atoms with Crippen molar-refractivity contribution < 1.29 is 27.4 Å². The van der Waals surface area contributed by atoms with Crippen molar-refractivity contribution in [3.63, 3.8) is 0 Å². The molecule has 0 unspecified atom stereocenters. The van der Waals surface area contributed by atoms with Crippen LogP contribution in [0.15, 0.2) is 42.5 Å². The first-order valence-electron chi connectivity index (χ1n) is 8.05. The summed E-state index contributed by atoms with van der Waals surface area (Å²) in [5, 5.41) is 3.21. The topological polar surface area (TPSA) is 73.6 Å². The number of methoxy groups -OCH3 is 2. The van der Waals surface area contributed by atoms with E-state index >= 15 is 0 Å². The molecule has 2 rings (SSSR count). The number of rotatable bonds is 6. The highest BCUT2D eigenvalue weighted by Crippen LogP contribution is 2.30. The minimum absolute atomic E-state index is 0.333. The molecule has 0 saturated heterocycles. The Morgan fingerprint density at radius 3 is 2.07 bits per heavy atom. The molecule has 2 aromatic carbocycles. The molecule has 0 aliphatic rings. The first-order valence-corrected chi connectivity index (χ1v) is 8.05. The smallest absolute Gasteiger partial charge is 0.416 e. The van der Waals surface area contributed by atoms with Gasteiger partial charge in [0.15, 0.2) is 11.5 Å². The van der Waals surface area contributed by atoms with Gasteiger partial charge < -0.3 is 20.5 Å². The quantitative estimate of drug-likeness (QED) is 0.793. The first kappa shape index (κ1) is 22.1. The van der Waals surface area contributed by atoms with E-state index in [4.69, 9.17) is 9.47 Å². The molecule has 0 spiro atoms. The van der Waals surface area contributed by atoms with Gasteiger partial charge in [-0.25, -0.2) is 0 Å². The zero-order valence-corrected chi connectivity index (χ0v) is 15.4. The maximum Gasteiger partial charge on any atom is 0.416 e. The van der Waals surface area contributed by atoms with Gasteiger partial charge in [0.25, 0.3) is 0 Å². The van der Waals surface area contributed by atoms with E-state index in [1.807, 2.05) is 12.1 Å². The van der Waals surface area contributed by atoms with Gasteiger partial charge in [0.1, 0.15) is 0 Å². The lowest BCUT2D eigenvalue weighted by Gasteiger charge is -2.11. The van der Waals surface area contributed by atoms with Crippen LogP contribution in [0.3, 0.4) is 0 Å². The highest BCUT2D eigenvalue weighted by Gasteiger charge is 2.29. The molecule has 27 heavy (non-hydrogen) atoms. The largest absolute Gasteiger partial charge is 0.493 e. The van der Waals surface area contributed by atoms with E-state index in [-0.39, 0.29) is 5.91 Å². The number of nitrogens with two attached hydrogens (primary N) is 1. The number of benzene rings is 2. The molecule has 1 amide bonds. The standard InChI is InChI=1S/C17H18F3NO2.C2H5NO/c1-22-15-8-7-14(11-16(15)23-2)21-10-9-12-3-5-13(6-4-12)17(18,19)20;1-2(3)4/h3-8,11,21H,9-10H2,1-2H3;1H3,(H2,3,4). The van der Waals surface area contributed by atoms with Gasteiger partial charge in [-0.15, -0.1) is 0 Å². The summed E-state index contributed by atoms with van der Waals surface area (Å²) in [6.45, 7) is 1.90. The lowest BCUT2D eigenvalue weighted by Crippen LogP contribution is -2.07. The molecule has 148 valence electrons. The monoisotopic (exact) mass is 384 g/mol. The molecule has 0 aliphatic carbocycles. The molecule has 0 aliphatic heterocycles. The van der Waals surface area contributed by atoms with Crippen LogP contribution in [0.2, 0.25) is 0 Å². The van der Waals surface area contributed by atoms with Crippen LogP contribution in [0.4, 0.5) is 18.9 Å². The van der Waals surface area contributed by atoms with Crippen LogP contribution in [0, 0.1) is 0 Å². The van der Waals surface area contributed by atoms with Gasteiger partial charge in [0.05, 0.1) is 19.8 Å². The molecular weight excluding hydrogens is 361 g/mol. The van der Waals surface area contributed by atoms with Crippen molar-refractivity contribution in [1.82, 2.24) is 0 Å². The third-order valence-corrected chi connectivity index (χ3v) is 3.41. The van der Waals surface area contributed by atoms with Crippen LogP contribution < -0.4 is 20.5 Å². The molecule has 0 saturated carbocycles. The second-order valence-corrected chi connectivity index (χ2v) is 5.55. The Labute approximate surface area is 156 Å². The second-order valence-electron chi connectivity index (χ2n) is 5.55. The van der Waals surface area contributed by atoms with Crippen LogP contribution in [-0.2, 0) is 17.4 Å². The summed E-state index contributed by atoms with van der Waals surface area (Å²) in [5.41, 5.74) is 5.54. The normalized spacial score (nSPS) is 10.4. The number of halogens is 3. The molecule has 2 aromatic rings. The van der Waals surface area contributed by atoms with E-state index in [1.54, 1.807) is 20.3 Å². The summed E-state index contributed by atoms with van der Waals surface area (Å²) in [6, 6.07) is 10.7. The number of carbonyl (C=O) groups is 1. The predicted molar refractivity (Wildman–Crippen MR) is 98.1 cm³/mol. The number of anilines is 1. The second kappa shape index (κ2) is 10.3. The van der Waals surface area contributed by atoms with Crippen LogP contribution in [-0.4, -0.2) is 26.7 Å². The zero-order valence-electron chi connectivity index (χ0n) is 15.4. The van der Waals surface area contributed by atoms with Crippen molar-refractivity contribution >= 4 is 11.6 Å². The van der Waals surface area contributed by atoms with E-state index < -0.39 is 11.7 Å². The van der Waals surface area contributed by atoms with Gasteiger partial charge in [0, 0.05) is 25.2 Å². The Kier molecular flexibility index (Phi) is 8.44. The van der Waals surface area contributed by atoms with E-state index in [0.717, 1.165) is 23.4 Å². The van der Waals surface area contributed by atoms with Crippen LogP contribution in [0.25, 0.3) is 0 Å². The van der Waals surface area contributed by atoms with Crippen molar-refractivity contribution in [2.45, 2.75) is 19.5 Å². The molecule has 0 heterocycles. The van der Waals surface area contributed by atoms with Crippen molar-refractivity contribution in [1.29, 1.82) is 0 Å². The van der Waals surface area contributed by atoms with Crippen molar-refractivity contribution in [3.8, 4) is 11.5 Å². The molecule has 0 aromatic heterocycles. The summed E-state index contributed by atoms with van der Waals surface area (Å²) in [6.07, 6.45) is -3.68. The SMILES string of the molecule is CC(N)=O.COc1ccc(NCCc2ccc(C(F)(F)F)cc2)cc1OC. The summed E-state index contributed by atoms with van der Waals surface area (Å²) in [7, 11) is 3.12. The van der Waals surface area contributed by atoms with E-state index in [1.165, 1.54) is 19.1 Å². The molecular formula is C19H23F3N2O3. The summed E-state index contributed by atoms with van der Waals surface area (Å²) in [5.74, 6) is 0.924. The third kappa shape index (κ3) is 7.89. The molecule has 0 bridgehead atoms. The number of nitrogens with one attached hydrogen (secondary N) is 1. The van der Waals surface area contributed by atoms with Crippen molar-refractivity contribution in [2.75, 3.05) is 26.1 Å². The first-order chi connectivity index (χ1) is 12.7. The highest BCUT2D eigenvalue weighted by atomic mass is 19.4. The summed E-state index contributed by atoms with van der Waals surface area (Å²) < 4.78 is 47.8. The zero-order chi connectivity index (χ0) is 20.4. The minimum Gasteiger partial charge on any atom is -0.493 e. The van der Waals surface area contributed by atoms with Gasteiger partial charge in [-0.05, 0) is 36.2 Å². The third-order valence-electron chi connectivity index (χ3n) is 3.41. The lowest BCUT2D eigenvalue weighted by atomic mass is 10.1. The van der Waals surface area contributed by atoms with Gasteiger partial charge in [0.2, 0.25) is 5.91 Å². The maximum absolute atomic E-state index is 12.5. The molecule has 8 heteroatoms. The number of hydrogen-bond acceptors (Lipinski definition) is 4. The van der Waals surface area contributed by atoms with E-state index in [0.29, 0.717) is 24.5 Å². The lowest BCUT2D eigenvalue weighted by molar-refractivity contribution is -0.137. The van der Waals surface area contributed by atoms with Crippen LogP contribution in [0.1, 0.15) is 18.1 Å². The Bertz CT molecular complexity index is 728. The number of hydrogen-bond donors (Lipinski definition) is 2. The molecule has 3 N–H and O–H groups in total. The minimum atomic E-state index is -4.30. The Morgan fingerprint density at radius 1 is 1.04 bits per heavy atom. The highest BCUT2D eigenvalue weighted by molar-refractivity contribution is 5.70. The van der Waals surface area contributed by atoms with E-state index in [9.17, 15) is 18.0 Å². The summed E-state index contributed by atoms with van der Waals surface area (Å²) in [4.78, 5) is 9.22. The average molecular weight is 384 g/mol. The van der Waals surface area contributed by atoms with Gasteiger partial charge in [-0.3, -0.25) is 4.79 Å². The number of ether oxygens (including phenoxy) is 2. The van der Waals surface area contributed by atoms with Gasteiger partial charge >= 0.3 is 6.18 Å². The number of carbonyl (C=O) groups excluding carboxylic acids is 1. The van der Waals surface area contributed by atoms with Crippen LogP contribution in [0.5, 0.6) is 11.5 Å². The fourth-order valence-electron chi connectivity index (χ4n) is 2.16. The molecule has 0 atom stereocenters. The fraction of sp³-hybridized carbons (Fsp3) is 0.316. The predicted octanol–water partition coefficient (Wildman–Crippen LogP) is 3.87. The molecule has 0 radical (unpaired) electrons. The Hall–Kier alpha value is -2.90. The van der Waals surface area contributed by atoms with E-state index in [2.05, 4.69) is 11.1 Å². The number of primary amides is 1. The number of amides is 1. The average Bonchev–Trinajstić information content (AvgIpc) is 2.60. The van der Waals surface area contributed by atoms with Gasteiger partial charge in [-0.1, -0.05) is 12.1 Å². The summed E-state index contributed by atoms with van der Waals surface area (Å²) >= 11 is 0. The fourth-order valence-corrected chi connectivity index (χ4v) is 2.16. The molecule has 5 nitrogen and oxygen atoms in total. The maximum atomic E-state index is 12.5. The van der Waals surface area contributed by atoms with Crippen LogP contribution >= 0.6 is 0 Å². The van der Waals surface area contributed by atoms with Crippen molar-refractivity contribution in [3.05, 3.63) is 53.6 Å². The van der Waals surface area contributed by atoms with Crippen molar-refractivity contribution in [2.24, 2.45) is 5.73 Å². The van der Waals surface area contributed by atoms with Gasteiger partial charge in [-0.2, -0.15) is 13.2 Å². The molecule has 0 fully saturated rings. The Morgan fingerprint density at radius 2 is 1.59 bits per heavy atom. The Balaban J connectivity index is 0.000000828. The number of alkyl halides is 3.